The summed E-state index contributed by atoms with van der Waals surface area (Å²) in [5, 5.41) is 16.2. The predicted molar refractivity (Wildman–Crippen MR) is 132 cm³/mol. The number of nitrogens with zero attached hydrogens (tertiary/aromatic N) is 2. The van der Waals surface area contributed by atoms with Crippen LogP contribution >= 0.6 is 0 Å². The largest absolute Gasteiger partial charge is 0.426 e. The molecule has 7 heteroatoms. The highest BCUT2D eigenvalue weighted by atomic mass is 16.5. The van der Waals surface area contributed by atoms with Crippen LogP contribution in [0.25, 0.3) is 22.5 Å². The van der Waals surface area contributed by atoms with Crippen LogP contribution in [0.3, 0.4) is 0 Å². The van der Waals surface area contributed by atoms with Gasteiger partial charge in [-0.1, -0.05) is 42.5 Å². The van der Waals surface area contributed by atoms with Crippen molar-refractivity contribution >= 4 is 17.5 Å². The summed E-state index contributed by atoms with van der Waals surface area (Å²) in [6, 6.07) is 20.4. The van der Waals surface area contributed by atoms with Gasteiger partial charge >= 0.3 is 0 Å². The number of imidazole rings is 1. The van der Waals surface area contributed by atoms with Crippen molar-refractivity contribution < 1.29 is 14.8 Å². The minimum absolute atomic E-state index is 0.0258. The third kappa shape index (κ3) is 4.28. The second-order valence-electron chi connectivity index (χ2n) is 8.14. The molecule has 0 spiro atoms. The van der Waals surface area contributed by atoms with Gasteiger partial charge in [0.1, 0.15) is 0 Å². The number of benzene rings is 3. The van der Waals surface area contributed by atoms with Gasteiger partial charge in [0.15, 0.2) is 11.5 Å². The molecule has 0 bridgehead atoms. The van der Waals surface area contributed by atoms with Crippen LogP contribution in [0.1, 0.15) is 37.7 Å². The minimum Gasteiger partial charge on any atom is -0.426 e. The van der Waals surface area contributed by atoms with E-state index in [4.69, 9.17) is 0 Å². The SMILES string of the molecule is CNC(=O)c1cccc(NC(=O)c2c(C)nc(-c3cccc(-c4c(C)cccc4C)c3)n2O)c1. The predicted octanol–water partition coefficient (Wildman–Crippen LogP) is 4.99. The highest BCUT2D eigenvalue weighted by Gasteiger charge is 2.22. The Hall–Kier alpha value is -4.39. The van der Waals surface area contributed by atoms with Crippen molar-refractivity contribution in [2.45, 2.75) is 20.8 Å². The first-order chi connectivity index (χ1) is 16.3. The van der Waals surface area contributed by atoms with Gasteiger partial charge in [-0.05, 0) is 67.3 Å². The summed E-state index contributed by atoms with van der Waals surface area (Å²) in [4.78, 5) is 29.4. The Labute approximate surface area is 198 Å². The Morgan fingerprint density at radius 3 is 2.21 bits per heavy atom. The van der Waals surface area contributed by atoms with E-state index in [1.54, 1.807) is 31.2 Å². The van der Waals surface area contributed by atoms with Crippen molar-refractivity contribution in [3.8, 4) is 22.5 Å². The topological polar surface area (TPSA) is 96.3 Å². The molecule has 1 aromatic heterocycles. The zero-order valence-electron chi connectivity index (χ0n) is 19.5. The normalized spacial score (nSPS) is 10.7. The molecule has 0 aliphatic rings. The fourth-order valence-corrected chi connectivity index (χ4v) is 4.12. The highest BCUT2D eigenvalue weighted by Crippen LogP contribution is 2.31. The van der Waals surface area contributed by atoms with Crippen LogP contribution in [0.15, 0.2) is 66.7 Å². The Morgan fingerprint density at radius 2 is 1.50 bits per heavy atom. The van der Waals surface area contributed by atoms with Crippen molar-refractivity contribution in [2.75, 3.05) is 12.4 Å². The molecule has 7 nitrogen and oxygen atoms in total. The average molecular weight is 455 g/mol. The van der Waals surface area contributed by atoms with Gasteiger partial charge in [0.05, 0.1) is 5.69 Å². The molecule has 0 fully saturated rings. The molecule has 0 saturated carbocycles. The summed E-state index contributed by atoms with van der Waals surface area (Å²) in [6.45, 7) is 5.79. The molecule has 0 atom stereocenters. The van der Waals surface area contributed by atoms with Gasteiger partial charge in [0.2, 0.25) is 0 Å². The van der Waals surface area contributed by atoms with E-state index in [-0.39, 0.29) is 17.4 Å². The van der Waals surface area contributed by atoms with E-state index in [1.165, 1.54) is 7.05 Å². The van der Waals surface area contributed by atoms with E-state index in [0.29, 0.717) is 22.5 Å². The van der Waals surface area contributed by atoms with Gasteiger partial charge in [-0.3, -0.25) is 9.59 Å². The second kappa shape index (κ2) is 9.23. The molecule has 1 heterocycles. The molecule has 34 heavy (non-hydrogen) atoms. The number of aryl methyl sites for hydroxylation is 3. The molecule has 2 amide bonds. The lowest BCUT2D eigenvalue weighted by molar-refractivity contribution is 0.0956. The van der Waals surface area contributed by atoms with E-state index >= 15 is 0 Å². The number of hydrogen-bond acceptors (Lipinski definition) is 4. The van der Waals surface area contributed by atoms with Gasteiger partial charge in [0, 0.05) is 23.9 Å². The second-order valence-corrected chi connectivity index (χ2v) is 8.14. The molecular formula is C27H26N4O3. The standard InChI is InChI=1S/C27H26N4O3/c1-16-8-5-9-17(2)23(16)19-10-6-11-20(14-19)25-29-18(3)24(31(25)34)27(33)30-22-13-7-12-21(15-22)26(32)28-4/h5-15,34H,1-4H3,(H,28,32)(H,30,33). The minimum atomic E-state index is -0.529. The van der Waals surface area contributed by atoms with Gasteiger partial charge in [-0.2, -0.15) is 4.73 Å². The van der Waals surface area contributed by atoms with E-state index in [9.17, 15) is 14.8 Å². The van der Waals surface area contributed by atoms with Crippen LogP contribution < -0.4 is 10.6 Å². The van der Waals surface area contributed by atoms with E-state index in [2.05, 4.69) is 41.6 Å². The van der Waals surface area contributed by atoms with Crippen LogP contribution in [0.2, 0.25) is 0 Å². The maximum absolute atomic E-state index is 13.0. The van der Waals surface area contributed by atoms with Crippen LogP contribution in [0.4, 0.5) is 5.69 Å². The first-order valence-corrected chi connectivity index (χ1v) is 10.9. The summed E-state index contributed by atoms with van der Waals surface area (Å²) in [5.74, 6) is -0.515. The third-order valence-electron chi connectivity index (χ3n) is 5.74. The molecule has 4 rings (SSSR count). The van der Waals surface area contributed by atoms with Gasteiger partial charge in [0.25, 0.3) is 11.8 Å². The van der Waals surface area contributed by atoms with Crippen LogP contribution in [0, 0.1) is 20.8 Å². The number of aromatic nitrogens is 2. The highest BCUT2D eigenvalue weighted by molar-refractivity contribution is 6.05. The molecule has 0 aliphatic heterocycles. The van der Waals surface area contributed by atoms with E-state index in [0.717, 1.165) is 27.0 Å². The maximum atomic E-state index is 13.0. The fraction of sp³-hybridized carbons (Fsp3) is 0.148. The van der Waals surface area contributed by atoms with Crippen molar-refractivity contribution in [3.63, 3.8) is 0 Å². The van der Waals surface area contributed by atoms with Crippen LogP contribution in [-0.4, -0.2) is 33.8 Å². The van der Waals surface area contributed by atoms with Crippen molar-refractivity contribution in [1.29, 1.82) is 0 Å². The Morgan fingerprint density at radius 1 is 0.853 bits per heavy atom. The Kier molecular flexibility index (Phi) is 6.19. The van der Waals surface area contributed by atoms with Crippen molar-refractivity contribution in [1.82, 2.24) is 15.0 Å². The van der Waals surface area contributed by atoms with Crippen LogP contribution in [0.5, 0.6) is 0 Å². The first-order valence-electron chi connectivity index (χ1n) is 10.9. The Balaban J connectivity index is 1.67. The number of amides is 2. The number of anilines is 1. The maximum Gasteiger partial charge on any atom is 0.277 e. The molecule has 3 N–H and O–H groups in total. The summed E-state index contributed by atoms with van der Waals surface area (Å²) in [6.07, 6.45) is 0. The molecule has 4 aromatic rings. The Bertz CT molecular complexity index is 1380. The number of nitrogens with one attached hydrogen (secondary N) is 2. The van der Waals surface area contributed by atoms with Crippen molar-refractivity contribution in [3.05, 3.63) is 94.8 Å². The lowest BCUT2D eigenvalue weighted by atomic mass is 9.94. The summed E-state index contributed by atoms with van der Waals surface area (Å²) in [7, 11) is 1.54. The molecule has 172 valence electrons. The third-order valence-corrected chi connectivity index (χ3v) is 5.74. The number of hydrogen-bond donors (Lipinski definition) is 3. The number of rotatable bonds is 5. The summed E-state index contributed by atoms with van der Waals surface area (Å²) in [5.41, 5.74) is 6.39. The average Bonchev–Trinajstić information content (AvgIpc) is 3.12. The monoisotopic (exact) mass is 454 g/mol. The molecule has 3 aromatic carbocycles. The summed E-state index contributed by atoms with van der Waals surface area (Å²) < 4.78 is 0.817. The van der Waals surface area contributed by atoms with E-state index in [1.807, 2.05) is 30.3 Å². The zero-order valence-corrected chi connectivity index (χ0v) is 19.5. The molecule has 0 saturated heterocycles. The van der Waals surface area contributed by atoms with E-state index < -0.39 is 5.91 Å². The van der Waals surface area contributed by atoms with Crippen LogP contribution in [-0.2, 0) is 0 Å². The number of carbonyl (C=O) groups excluding carboxylic acids is 2. The number of carbonyl (C=O) groups is 2. The lowest BCUT2D eigenvalue weighted by Crippen LogP contribution is -2.20. The molecule has 0 radical (unpaired) electrons. The van der Waals surface area contributed by atoms with Crippen molar-refractivity contribution in [2.24, 2.45) is 0 Å². The molecular weight excluding hydrogens is 428 g/mol. The molecule has 0 aliphatic carbocycles. The van der Waals surface area contributed by atoms with Gasteiger partial charge in [-0.25, -0.2) is 4.98 Å². The lowest BCUT2D eigenvalue weighted by Gasteiger charge is -2.11. The fourth-order valence-electron chi connectivity index (χ4n) is 4.12. The summed E-state index contributed by atoms with van der Waals surface area (Å²) >= 11 is 0. The zero-order chi connectivity index (χ0) is 24.4. The van der Waals surface area contributed by atoms with Gasteiger partial charge in [-0.15, -0.1) is 0 Å². The van der Waals surface area contributed by atoms with Gasteiger partial charge < -0.3 is 15.8 Å². The quantitative estimate of drug-likeness (QED) is 0.370. The first kappa shape index (κ1) is 22.8. The smallest absolute Gasteiger partial charge is 0.277 e. The molecule has 0 unspecified atom stereocenters.